The Morgan fingerprint density at radius 3 is 2.89 bits per heavy atom. The molecule has 2 N–H and O–H groups in total. The van der Waals surface area contributed by atoms with Crippen LogP contribution in [0, 0.1) is 17.6 Å². The lowest BCUT2D eigenvalue weighted by molar-refractivity contribution is -0.131. The maximum absolute atomic E-state index is 13.5. The van der Waals surface area contributed by atoms with Crippen molar-refractivity contribution in [1.29, 1.82) is 0 Å². The van der Waals surface area contributed by atoms with E-state index in [4.69, 9.17) is 5.73 Å². The largest absolute Gasteiger partial charge is 0.338 e. The molecule has 1 aromatic carbocycles. The second-order valence-corrected chi connectivity index (χ2v) is 5.05. The Kier molecular flexibility index (Phi) is 4.14. The summed E-state index contributed by atoms with van der Waals surface area (Å²) in [5.41, 5.74) is 5.77. The molecule has 0 saturated carbocycles. The van der Waals surface area contributed by atoms with Gasteiger partial charge in [0.15, 0.2) is 11.6 Å². The number of amides is 1. The van der Waals surface area contributed by atoms with Crippen LogP contribution in [0.15, 0.2) is 18.2 Å². The van der Waals surface area contributed by atoms with Gasteiger partial charge in [0.1, 0.15) is 0 Å². The Hall–Kier alpha value is -1.49. The van der Waals surface area contributed by atoms with Crippen molar-refractivity contribution >= 4 is 5.91 Å². The van der Waals surface area contributed by atoms with Gasteiger partial charge in [-0.05, 0) is 18.4 Å². The van der Waals surface area contributed by atoms with Crippen molar-refractivity contribution < 1.29 is 13.6 Å². The summed E-state index contributed by atoms with van der Waals surface area (Å²) in [6.45, 7) is 3.09. The summed E-state index contributed by atoms with van der Waals surface area (Å²) in [4.78, 5) is 13.9. The van der Waals surface area contributed by atoms with Gasteiger partial charge >= 0.3 is 0 Å². The second kappa shape index (κ2) is 5.65. The molecule has 1 amide bonds. The van der Waals surface area contributed by atoms with Gasteiger partial charge in [0.2, 0.25) is 5.91 Å². The fraction of sp³-hybridized carbons (Fsp3) is 0.500. The number of carbonyl (C=O) groups is 1. The molecule has 3 nitrogen and oxygen atoms in total. The van der Waals surface area contributed by atoms with Crippen molar-refractivity contribution in [1.82, 2.24) is 4.90 Å². The second-order valence-electron chi connectivity index (χ2n) is 5.05. The molecule has 0 radical (unpaired) electrons. The first-order chi connectivity index (χ1) is 9.04. The number of hydrogen-bond acceptors (Lipinski definition) is 2. The Labute approximate surface area is 111 Å². The lowest BCUT2D eigenvalue weighted by Crippen LogP contribution is -2.43. The maximum Gasteiger partial charge on any atom is 0.227 e. The fourth-order valence-corrected chi connectivity index (χ4v) is 2.63. The van der Waals surface area contributed by atoms with Gasteiger partial charge in [0.25, 0.3) is 0 Å². The third-order valence-corrected chi connectivity index (χ3v) is 3.82. The van der Waals surface area contributed by atoms with E-state index in [1.165, 1.54) is 12.1 Å². The minimum atomic E-state index is -0.938. The SMILES string of the molecule is CC1CCN(C(=O)Cc2cccc(F)c2F)C1CN. The van der Waals surface area contributed by atoms with E-state index in [-0.39, 0.29) is 23.9 Å². The van der Waals surface area contributed by atoms with Crippen LogP contribution in [0.2, 0.25) is 0 Å². The first-order valence-electron chi connectivity index (χ1n) is 6.47. The van der Waals surface area contributed by atoms with Gasteiger partial charge in [0.05, 0.1) is 6.42 Å². The van der Waals surface area contributed by atoms with E-state index in [1.54, 1.807) is 4.90 Å². The molecule has 5 heteroatoms. The first kappa shape index (κ1) is 13.9. The molecule has 1 aliphatic heterocycles. The first-order valence-corrected chi connectivity index (χ1v) is 6.47. The van der Waals surface area contributed by atoms with E-state index in [9.17, 15) is 13.6 Å². The Balaban J connectivity index is 2.11. The van der Waals surface area contributed by atoms with E-state index in [1.807, 2.05) is 6.92 Å². The number of likely N-dealkylation sites (tertiary alicyclic amines) is 1. The molecule has 2 unspecified atom stereocenters. The van der Waals surface area contributed by atoms with Crippen molar-refractivity contribution in [3.8, 4) is 0 Å². The molecule has 2 atom stereocenters. The van der Waals surface area contributed by atoms with Crippen molar-refractivity contribution in [2.24, 2.45) is 11.7 Å². The Bertz CT molecular complexity index is 479. The number of rotatable bonds is 3. The molecule has 0 spiro atoms. The zero-order chi connectivity index (χ0) is 14.0. The molecule has 1 aliphatic rings. The summed E-state index contributed by atoms with van der Waals surface area (Å²) in [6.07, 6.45) is 0.784. The molecule has 104 valence electrons. The van der Waals surface area contributed by atoms with Crippen LogP contribution in [-0.2, 0) is 11.2 Å². The predicted octanol–water partition coefficient (Wildman–Crippen LogP) is 1.70. The van der Waals surface area contributed by atoms with E-state index < -0.39 is 11.6 Å². The third-order valence-electron chi connectivity index (χ3n) is 3.82. The summed E-state index contributed by atoms with van der Waals surface area (Å²) in [5, 5.41) is 0. The van der Waals surface area contributed by atoms with Crippen LogP contribution in [0.1, 0.15) is 18.9 Å². The van der Waals surface area contributed by atoms with Crippen LogP contribution in [0.5, 0.6) is 0 Å². The standard InChI is InChI=1S/C14H18F2N2O/c1-9-5-6-18(12(9)8-17)13(19)7-10-3-2-4-11(15)14(10)16/h2-4,9,12H,5-8,17H2,1H3. The van der Waals surface area contributed by atoms with Crippen LogP contribution in [0.25, 0.3) is 0 Å². The molecular formula is C14H18F2N2O. The fourth-order valence-electron chi connectivity index (χ4n) is 2.63. The number of benzene rings is 1. The summed E-state index contributed by atoms with van der Waals surface area (Å²) >= 11 is 0. The zero-order valence-corrected chi connectivity index (χ0v) is 10.9. The van der Waals surface area contributed by atoms with Crippen LogP contribution < -0.4 is 5.73 Å². The molecule has 1 fully saturated rings. The minimum Gasteiger partial charge on any atom is -0.338 e. The Morgan fingerprint density at radius 2 is 2.21 bits per heavy atom. The van der Waals surface area contributed by atoms with Gasteiger partial charge in [-0.1, -0.05) is 19.1 Å². The van der Waals surface area contributed by atoms with Crippen LogP contribution in [-0.4, -0.2) is 29.9 Å². The number of hydrogen-bond donors (Lipinski definition) is 1. The van der Waals surface area contributed by atoms with Crippen LogP contribution in [0.4, 0.5) is 8.78 Å². The highest BCUT2D eigenvalue weighted by molar-refractivity contribution is 5.79. The van der Waals surface area contributed by atoms with Crippen molar-refractivity contribution in [2.45, 2.75) is 25.8 Å². The van der Waals surface area contributed by atoms with Gasteiger partial charge in [-0.15, -0.1) is 0 Å². The summed E-state index contributed by atoms with van der Waals surface area (Å²) in [7, 11) is 0. The van der Waals surface area contributed by atoms with Crippen LogP contribution >= 0.6 is 0 Å². The van der Waals surface area contributed by atoms with Gasteiger partial charge in [0, 0.05) is 24.7 Å². The molecule has 1 heterocycles. The van der Waals surface area contributed by atoms with E-state index in [0.29, 0.717) is 19.0 Å². The van der Waals surface area contributed by atoms with E-state index in [2.05, 4.69) is 0 Å². The average molecular weight is 268 g/mol. The van der Waals surface area contributed by atoms with Crippen molar-refractivity contribution in [3.63, 3.8) is 0 Å². The lowest BCUT2D eigenvalue weighted by atomic mass is 10.0. The smallest absolute Gasteiger partial charge is 0.227 e. The van der Waals surface area contributed by atoms with Crippen LogP contribution in [0.3, 0.4) is 0 Å². The van der Waals surface area contributed by atoms with Crippen molar-refractivity contribution in [3.05, 3.63) is 35.4 Å². The monoisotopic (exact) mass is 268 g/mol. The number of carbonyl (C=O) groups excluding carboxylic acids is 1. The normalized spacial score (nSPS) is 22.8. The summed E-state index contributed by atoms with van der Waals surface area (Å²) in [6, 6.07) is 3.90. The molecule has 0 aromatic heterocycles. The molecule has 19 heavy (non-hydrogen) atoms. The predicted molar refractivity (Wildman–Crippen MR) is 68.4 cm³/mol. The third kappa shape index (κ3) is 2.76. The van der Waals surface area contributed by atoms with Gasteiger partial charge < -0.3 is 10.6 Å². The lowest BCUT2D eigenvalue weighted by Gasteiger charge is -2.25. The van der Waals surface area contributed by atoms with Gasteiger partial charge in [-0.2, -0.15) is 0 Å². The molecule has 0 bridgehead atoms. The van der Waals surface area contributed by atoms with E-state index >= 15 is 0 Å². The highest BCUT2D eigenvalue weighted by Gasteiger charge is 2.33. The van der Waals surface area contributed by atoms with Gasteiger partial charge in [-0.3, -0.25) is 4.79 Å². The highest BCUT2D eigenvalue weighted by Crippen LogP contribution is 2.24. The number of halogens is 2. The molecule has 1 saturated heterocycles. The molecular weight excluding hydrogens is 250 g/mol. The van der Waals surface area contributed by atoms with Gasteiger partial charge in [-0.25, -0.2) is 8.78 Å². The molecule has 1 aromatic rings. The maximum atomic E-state index is 13.5. The quantitative estimate of drug-likeness (QED) is 0.907. The topological polar surface area (TPSA) is 46.3 Å². The number of nitrogens with two attached hydrogens (primary N) is 1. The number of nitrogens with zero attached hydrogens (tertiary/aromatic N) is 1. The average Bonchev–Trinajstić information content (AvgIpc) is 2.76. The summed E-state index contributed by atoms with van der Waals surface area (Å²) in [5.74, 6) is -1.70. The Morgan fingerprint density at radius 1 is 1.47 bits per heavy atom. The minimum absolute atomic E-state index is 0.00382. The highest BCUT2D eigenvalue weighted by atomic mass is 19.2. The zero-order valence-electron chi connectivity index (χ0n) is 10.9. The van der Waals surface area contributed by atoms with E-state index in [0.717, 1.165) is 12.5 Å². The summed E-state index contributed by atoms with van der Waals surface area (Å²) < 4.78 is 26.6. The molecule has 0 aliphatic carbocycles. The van der Waals surface area contributed by atoms with Crippen molar-refractivity contribution in [2.75, 3.05) is 13.1 Å². The molecule has 2 rings (SSSR count).